The standard InChI is InChI=1S/C23H23N3/c1-15(24)20(12-17-13-25-22-10-3-2-8-18(17)22)21-14-26-11-5-7-16-6-4-9-19(21)23(16)26/h2-4,6,8-10,13-14,20,24-25H,5,7,11-12H2,1H3/t20-/m1/s1. The van der Waals surface area contributed by atoms with E-state index in [1.165, 1.54) is 44.9 Å². The number of hydrogen-bond acceptors (Lipinski definition) is 1. The molecule has 26 heavy (non-hydrogen) atoms. The molecule has 0 radical (unpaired) electrons. The van der Waals surface area contributed by atoms with Gasteiger partial charge < -0.3 is 15.0 Å². The van der Waals surface area contributed by atoms with Gasteiger partial charge in [0.25, 0.3) is 0 Å². The van der Waals surface area contributed by atoms with E-state index in [-0.39, 0.29) is 5.92 Å². The first-order chi connectivity index (χ1) is 12.7. The van der Waals surface area contributed by atoms with Crippen LogP contribution in [0, 0.1) is 5.41 Å². The van der Waals surface area contributed by atoms with Crippen molar-refractivity contribution in [1.82, 2.24) is 9.55 Å². The van der Waals surface area contributed by atoms with Crippen molar-refractivity contribution in [1.29, 1.82) is 5.41 Å². The number of rotatable bonds is 4. The summed E-state index contributed by atoms with van der Waals surface area (Å²) in [6.45, 7) is 3.04. The second kappa shape index (κ2) is 5.87. The predicted octanol–water partition coefficient (Wildman–Crippen LogP) is 5.43. The summed E-state index contributed by atoms with van der Waals surface area (Å²) < 4.78 is 2.41. The third-order valence-electron chi connectivity index (χ3n) is 5.85. The first-order valence-electron chi connectivity index (χ1n) is 9.43. The lowest BCUT2D eigenvalue weighted by molar-refractivity contribution is 0.633. The number of para-hydroxylation sites is 2. The molecule has 130 valence electrons. The third kappa shape index (κ3) is 2.31. The number of fused-ring (bicyclic) bond motifs is 1. The molecule has 0 saturated heterocycles. The van der Waals surface area contributed by atoms with Gasteiger partial charge >= 0.3 is 0 Å². The van der Waals surface area contributed by atoms with E-state index in [0.29, 0.717) is 0 Å². The lowest BCUT2D eigenvalue weighted by Gasteiger charge is -2.15. The molecule has 0 fully saturated rings. The van der Waals surface area contributed by atoms with Crippen molar-refractivity contribution >= 4 is 27.5 Å². The van der Waals surface area contributed by atoms with E-state index >= 15 is 0 Å². The minimum atomic E-state index is 0.117. The molecule has 1 aliphatic rings. The molecule has 0 saturated carbocycles. The minimum absolute atomic E-state index is 0.117. The average Bonchev–Trinajstić information content (AvgIpc) is 3.23. The quantitative estimate of drug-likeness (QED) is 0.465. The Morgan fingerprint density at radius 2 is 2.00 bits per heavy atom. The Kier molecular flexibility index (Phi) is 3.49. The largest absolute Gasteiger partial charge is 0.361 e. The molecule has 3 heteroatoms. The normalized spacial score (nSPS) is 14.8. The lowest BCUT2D eigenvalue weighted by Crippen LogP contribution is -2.11. The van der Waals surface area contributed by atoms with Crippen molar-refractivity contribution in [2.75, 3.05) is 0 Å². The number of nitrogens with zero attached hydrogens (tertiary/aromatic N) is 1. The summed E-state index contributed by atoms with van der Waals surface area (Å²) in [5, 5.41) is 11.1. The predicted molar refractivity (Wildman–Crippen MR) is 108 cm³/mol. The first kappa shape index (κ1) is 15.4. The maximum Gasteiger partial charge on any atom is 0.0515 e. The van der Waals surface area contributed by atoms with Crippen LogP contribution < -0.4 is 0 Å². The molecule has 2 N–H and O–H groups in total. The van der Waals surface area contributed by atoms with E-state index in [1.807, 2.05) is 6.92 Å². The zero-order valence-corrected chi connectivity index (χ0v) is 15.0. The lowest BCUT2D eigenvalue weighted by atomic mass is 9.88. The average molecular weight is 341 g/mol. The molecule has 2 aromatic heterocycles. The summed E-state index contributed by atoms with van der Waals surface area (Å²) in [4.78, 5) is 3.38. The number of aryl methyl sites for hydroxylation is 2. The molecule has 0 spiro atoms. The topological polar surface area (TPSA) is 44.6 Å². The monoisotopic (exact) mass is 341 g/mol. The zero-order valence-electron chi connectivity index (χ0n) is 15.0. The van der Waals surface area contributed by atoms with Gasteiger partial charge in [0, 0.05) is 46.9 Å². The fourth-order valence-corrected chi connectivity index (χ4v) is 4.58. The molecule has 1 aliphatic heterocycles. The molecule has 3 heterocycles. The summed E-state index contributed by atoms with van der Waals surface area (Å²) in [6, 6.07) is 15.1. The molecule has 0 amide bonds. The Morgan fingerprint density at radius 3 is 2.88 bits per heavy atom. The molecule has 3 nitrogen and oxygen atoms in total. The molecule has 4 aromatic rings. The van der Waals surface area contributed by atoms with Crippen LogP contribution in [0.15, 0.2) is 54.9 Å². The second-order valence-electron chi connectivity index (χ2n) is 7.49. The van der Waals surface area contributed by atoms with Crippen LogP contribution in [0.1, 0.15) is 36.0 Å². The molecule has 2 aromatic carbocycles. The second-order valence-corrected chi connectivity index (χ2v) is 7.49. The van der Waals surface area contributed by atoms with Gasteiger partial charge in [-0.1, -0.05) is 36.4 Å². The highest BCUT2D eigenvalue weighted by Crippen LogP contribution is 2.36. The van der Waals surface area contributed by atoms with Gasteiger partial charge in [-0.2, -0.15) is 0 Å². The van der Waals surface area contributed by atoms with Gasteiger partial charge in [0.15, 0.2) is 0 Å². The number of benzene rings is 2. The van der Waals surface area contributed by atoms with Crippen LogP contribution in [0.5, 0.6) is 0 Å². The van der Waals surface area contributed by atoms with E-state index in [1.54, 1.807) is 0 Å². The van der Waals surface area contributed by atoms with Crippen LogP contribution in [0.3, 0.4) is 0 Å². The molecule has 5 rings (SSSR count). The first-order valence-corrected chi connectivity index (χ1v) is 9.43. The molecular weight excluding hydrogens is 318 g/mol. The van der Waals surface area contributed by atoms with Crippen molar-refractivity contribution in [2.24, 2.45) is 0 Å². The highest BCUT2D eigenvalue weighted by molar-refractivity contribution is 5.95. The van der Waals surface area contributed by atoms with Gasteiger partial charge in [0.1, 0.15) is 0 Å². The third-order valence-corrected chi connectivity index (χ3v) is 5.85. The van der Waals surface area contributed by atoms with Crippen LogP contribution in [-0.4, -0.2) is 15.3 Å². The van der Waals surface area contributed by atoms with Crippen LogP contribution in [0.4, 0.5) is 0 Å². The summed E-state index contributed by atoms with van der Waals surface area (Å²) in [7, 11) is 0. The van der Waals surface area contributed by atoms with E-state index in [0.717, 1.165) is 25.1 Å². The summed E-state index contributed by atoms with van der Waals surface area (Å²) in [5.41, 5.74) is 7.35. The van der Waals surface area contributed by atoms with Gasteiger partial charge in [0.05, 0.1) is 5.52 Å². The SMILES string of the molecule is CC(=N)[C@@H](Cc1c[nH]c2ccccc12)c1cn2c3c(cccc13)CCC2. The molecule has 0 aliphatic carbocycles. The highest BCUT2D eigenvalue weighted by atomic mass is 15.0. The fourth-order valence-electron chi connectivity index (χ4n) is 4.58. The smallest absolute Gasteiger partial charge is 0.0515 e. The summed E-state index contributed by atoms with van der Waals surface area (Å²) in [5.74, 6) is 0.117. The van der Waals surface area contributed by atoms with Crippen LogP contribution in [0.25, 0.3) is 21.8 Å². The van der Waals surface area contributed by atoms with E-state index in [4.69, 9.17) is 5.41 Å². The maximum atomic E-state index is 8.49. The van der Waals surface area contributed by atoms with Gasteiger partial charge in [-0.15, -0.1) is 0 Å². The zero-order chi connectivity index (χ0) is 17.7. The van der Waals surface area contributed by atoms with Crippen LogP contribution in [-0.2, 0) is 19.4 Å². The molecule has 0 unspecified atom stereocenters. The summed E-state index contributed by atoms with van der Waals surface area (Å²) >= 11 is 0. The Hall–Kier alpha value is -2.81. The van der Waals surface area contributed by atoms with Crippen molar-refractivity contribution in [3.05, 3.63) is 71.5 Å². The van der Waals surface area contributed by atoms with Gasteiger partial charge in [-0.25, -0.2) is 0 Å². The van der Waals surface area contributed by atoms with E-state index < -0.39 is 0 Å². The maximum absolute atomic E-state index is 8.49. The highest BCUT2D eigenvalue weighted by Gasteiger charge is 2.23. The van der Waals surface area contributed by atoms with E-state index in [2.05, 4.69) is 64.4 Å². The van der Waals surface area contributed by atoms with Crippen LogP contribution in [0.2, 0.25) is 0 Å². The Labute approximate surface area is 153 Å². The molecular formula is C23H23N3. The minimum Gasteiger partial charge on any atom is -0.361 e. The number of aromatic amines is 1. The van der Waals surface area contributed by atoms with E-state index in [9.17, 15) is 0 Å². The van der Waals surface area contributed by atoms with Gasteiger partial charge in [-0.3, -0.25) is 0 Å². The number of hydrogen-bond donors (Lipinski definition) is 2. The fraction of sp³-hybridized carbons (Fsp3) is 0.261. The molecule has 1 atom stereocenters. The Balaban J connectivity index is 1.64. The van der Waals surface area contributed by atoms with Crippen molar-refractivity contribution in [3.63, 3.8) is 0 Å². The number of aromatic nitrogens is 2. The van der Waals surface area contributed by atoms with Crippen molar-refractivity contribution in [3.8, 4) is 0 Å². The number of nitrogens with one attached hydrogen (secondary N) is 2. The van der Waals surface area contributed by atoms with Crippen molar-refractivity contribution in [2.45, 2.75) is 38.6 Å². The van der Waals surface area contributed by atoms with Gasteiger partial charge in [-0.05, 0) is 48.9 Å². The van der Waals surface area contributed by atoms with Gasteiger partial charge in [0.2, 0.25) is 0 Å². The van der Waals surface area contributed by atoms with Crippen LogP contribution >= 0.6 is 0 Å². The van der Waals surface area contributed by atoms with Crippen molar-refractivity contribution < 1.29 is 0 Å². The number of H-pyrrole nitrogens is 1. The Bertz CT molecular complexity index is 1130. The Morgan fingerprint density at radius 1 is 1.15 bits per heavy atom. The summed E-state index contributed by atoms with van der Waals surface area (Å²) in [6.07, 6.45) is 7.66. The molecule has 0 bridgehead atoms.